The summed E-state index contributed by atoms with van der Waals surface area (Å²) in [6.45, 7) is 2.23. The molecule has 4 nitrogen and oxygen atoms in total. The van der Waals surface area contributed by atoms with Crippen LogP contribution in [0.15, 0.2) is 12.4 Å². The Hall–Kier alpha value is -1.32. The van der Waals surface area contributed by atoms with E-state index in [1.165, 1.54) is 32.1 Å². The molecule has 1 aromatic heterocycles. The van der Waals surface area contributed by atoms with Crippen LogP contribution < -0.4 is 11.1 Å². The molecule has 1 aromatic rings. The second-order valence-electron chi connectivity index (χ2n) is 4.89. The molecular weight excluding hydrogens is 212 g/mol. The largest absolute Gasteiger partial charge is 0.382 e. The van der Waals surface area contributed by atoms with E-state index in [1.807, 2.05) is 0 Å². The summed E-state index contributed by atoms with van der Waals surface area (Å²) >= 11 is 0. The van der Waals surface area contributed by atoms with E-state index in [9.17, 15) is 0 Å². The van der Waals surface area contributed by atoms with Gasteiger partial charge in [-0.25, -0.2) is 4.98 Å². The van der Waals surface area contributed by atoms with Crippen molar-refractivity contribution in [2.45, 2.75) is 51.5 Å². The summed E-state index contributed by atoms with van der Waals surface area (Å²) in [5, 5.41) is 3.49. The van der Waals surface area contributed by atoms with E-state index in [1.54, 1.807) is 12.4 Å². The lowest BCUT2D eigenvalue weighted by molar-refractivity contribution is 0.312. The van der Waals surface area contributed by atoms with E-state index in [0.29, 0.717) is 11.9 Å². The molecule has 0 aliphatic heterocycles. The van der Waals surface area contributed by atoms with Crippen molar-refractivity contribution in [3.8, 4) is 0 Å². The fourth-order valence-electron chi connectivity index (χ4n) is 2.73. The van der Waals surface area contributed by atoms with Gasteiger partial charge in [0.15, 0.2) is 0 Å². The molecule has 1 aliphatic carbocycles. The molecule has 1 heterocycles. The zero-order valence-corrected chi connectivity index (χ0v) is 10.5. The van der Waals surface area contributed by atoms with Crippen LogP contribution in [0.3, 0.4) is 0 Å². The van der Waals surface area contributed by atoms with Crippen LogP contribution in [0.25, 0.3) is 0 Å². The predicted molar refractivity (Wildman–Crippen MR) is 70.7 cm³/mol. The number of aromatic nitrogens is 2. The number of nitrogens with zero attached hydrogens (tertiary/aromatic N) is 2. The maximum absolute atomic E-state index is 5.64. The number of anilines is 2. The minimum Gasteiger partial charge on any atom is -0.382 e. The second kappa shape index (κ2) is 5.84. The standard InChI is InChI=1S/C13H22N4/c1-2-11(10-6-4-3-5-7-10)16-13-9-15-8-12(14)17-13/h8-11H,2-7H2,1H3,(H3,14,16,17). The Bertz CT molecular complexity index is 347. The lowest BCUT2D eigenvalue weighted by Crippen LogP contribution is -2.30. The van der Waals surface area contributed by atoms with Crippen molar-refractivity contribution in [2.75, 3.05) is 11.1 Å². The van der Waals surface area contributed by atoms with Gasteiger partial charge in [0.25, 0.3) is 0 Å². The third kappa shape index (κ3) is 3.32. The highest BCUT2D eigenvalue weighted by molar-refractivity contribution is 5.39. The molecule has 0 saturated heterocycles. The predicted octanol–water partition coefficient (Wildman–Crippen LogP) is 2.83. The molecule has 1 atom stereocenters. The molecule has 1 unspecified atom stereocenters. The van der Waals surface area contributed by atoms with Crippen molar-refractivity contribution >= 4 is 11.6 Å². The van der Waals surface area contributed by atoms with E-state index >= 15 is 0 Å². The molecular formula is C13H22N4. The van der Waals surface area contributed by atoms with Crippen LogP contribution in [0, 0.1) is 5.92 Å². The summed E-state index contributed by atoms with van der Waals surface area (Å²) in [7, 11) is 0. The zero-order valence-electron chi connectivity index (χ0n) is 10.5. The van der Waals surface area contributed by atoms with Crippen molar-refractivity contribution in [1.29, 1.82) is 0 Å². The number of nitrogens with two attached hydrogens (primary N) is 1. The monoisotopic (exact) mass is 234 g/mol. The molecule has 0 spiro atoms. The Morgan fingerprint density at radius 2 is 2.12 bits per heavy atom. The highest BCUT2D eigenvalue weighted by Crippen LogP contribution is 2.29. The molecule has 0 aromatic carbocycles. The van der Waals surface area contributed by atoms with Crippen LogP contribution in [0.4, 0.5) is 11.6 Å². The van der Waals surface area contributed by atoms with Gasteiger partial charge < -0.3 is 11.1 Å². The highest BCUT2D eigenvalue weighted by atomic mass is 15.1. The van der Waals surface area contributed by atoms with Crippen molar-refractivity contribution in [3.05, 3.63) is 12.4 Å². The smallest absolute Gasteiger partial charge is 0.147 e. The SMILES string of the molecule is CCC(Nc1cncc(N)n1)C1CCCCC1. The van der Waals surface area contributed by atoms with E-state index in [4.69, 9.17) is 5.73 Å². The van der Waals surface area contributed by atoms with E-state index in [-0.39, 0.29) is 0 Å². The van der Waals surface area contributed by atoms with E-state index in [2.05, 4.69) is 22.2 Å². The summed E-state index contributed by atoms with van der Waals surface area (Å²) in [4.78, 5) is 8.33. The van der Waals surface area contributed by atoms with E-state index < -0.39 is 0 Å². The average Bonchev–Trinajstić information content (AvgIpc) is 2.37. The van der Waals surface area contributed by atoms with Gasteiger partial charge in [0.1, 0.15) is 11.6 Å². The Kier molecular flexibility index (Phi) is 4.18. The maximum Gasteiger partial charge on any atom is 0.147 e. The van der Waals surface area contributed by atoms with Gasteiger partial charge in [-0.15, -0.1) is 0 Å². The van der Waals surface area contributed by atoms with Crippen LogP contribution in [0.1, 0.15) is 45.4 Å². The summed E-state index contributed by atoms with van der Waals surface area (Å²) in [6.07, 6.45) is 11.3. The minimum atomic E-state index is 0.480. The normalized spacial score (nSPS) is 18.9. The zero-order chi connectivity index (χ0) is 12.1. The number of nitrogens with one attached hydrogen (secondary N) is 1. The van der Waals surface area contributed by atoms with Crippen LogP contribution in [0.2, 0.25) is 0 Å². The topological polar surface area (TPSA) is 63.8 Å². The summed E-state index contributed by atoms with van der Waals surface area (Å²) < 4.78 is 0. The maximum atomic E-state index is 5.64. The highest BCUT2D eigenvalue weighted by Gasteiger charge is 2.22. The first-order chi connectivity index (χ1) is 8.29. The van der Waals surface area contributed by atoms with Crippen molar-refractivity contribution in [3.63, 3.8) is 0 Å². The average molecular weight is 234 g/mol. The van der Waals surface area contributed by atoms with Gasteiger partial charge in [-0.3, -0.25) is 4.98 Å². The molecule has 0 radical (unpaired) electrons. The first-order valence-corrected chi connectivity index (χ1v) is 6.63. The molecule has 0 amide bonds. The molecule has 94 valence electrons. The lowest BCUT2D eigenvalue weighted by Gasteiger charge is -2.30. The van der Waals surface area contributed by atoms with Crippen molar-refractivity contribution in [1.82, 2.24) is 9.97 Å². The Morgan fingerprint density at radius 1 is 1.35 bits per heavy atom. The Morgan fingerprint density at radius 3 is 2.76 bits per heavy atom. The first kappa shape index (κ1) is 12.1. The van der Waals surface area contributed by atoms with Gasteiger partial charge in [0.2, 0.25) is 0 Å². The van der Waals surface area contributed by atoms with Crippen molar-refractivity contribution in [2.24, 2.45) is 5.92 Å². The third-order valence-corrected chi connectivity index (χ3v) is 3.65. The number of hydrogen-bond acceptors (Lipinski definition) is 4. The van der Waals surface area contributed by atoms with Gasteiger partial charge in [0.05, 0.1) is 12.4 Å². The van der Waals surface area contributed by atoms with Crippen molar-refractivity contribution < 1.29 is 0 Å². The van der Waals surface area contributed by atoms with E-state index in [0.717, 1.165) is 18.2 Å². The fourth-order valence-corrected chi connectivity index (χ4v) is 2.73. The number of nitrogen functional groups attached to an aromatic ring is 1. The second-order valence-corrected chi connectivity index (χ2v) is 4.89. The number of hydrogen-bond donors (Lipinski definition) is 2. The van der Waals surface area contributed by atoms with Gasteiger partial charge in [0, 0.05) is 6.04 Å². The van der Waals surface area contributed by atoms with Crippen LogP contribution >= 0.6 is 0 Å². The minimum absolute atomic E-state index is 0.480. The molecule has 1 aliphatic rings. The van der Waals surface area contributed by atoms with Gasteiger partial charge in [-0.05, 0) is 25.2 Å². The van der Waals surface area contributed by atoms with Gasteiger partial charge >= 0.3 is 0 Å². The molecule has 4 heteroatoms. The van der Waals surface area contributed by atoms with Crippen LogP contribution in [-0.4, -0.2) is 16.0 Å². The van der Waals surface area contributed by atoms with Crippen LogP contribution in [0.5, 0.6) is 0 Å². The molecule has 17 heavy (non-hydrogen) atoms. The Balaban J connectivity index is 1.98. The molecule has 1 saturated carbocycles. The quantitative estimate of drug-likeness (QED) is 0.840. The molecule has 1 fully saturated rings. The molecule has 2 rings (SSSR count). The van der Waals surface area contributed by atoms with Gasteiger partial charge in [-0.1, -0.05) is 26.2 Å². The molecule has 3 N–H and O–H groups in total. The summed E-state index contributed by atoms with van der Waals surface area (Å²) in [6, 6.07) is 0.506. The lowest BCUT2D eigenvalue weighted by atomic mass is 9.83. The third-order valence-electron chi connectivity index (χ3n) is 3.65. The van der Waals surface area contributed by atoms with Gasteiger partial charge in [-0.2, -0.15) is 0 Å². The number of rotatable bonds is 4. The summed E-state index contributed by atoms with van der Waals surface area (Å²) in [5.41, 5.74) is 5.64. The fraction of sp³-hybridized carbons (Fsp3) is 0.692. The molecule has 0 bridgehead atoms. The van der Waals surface area contributed by atoms with Crippen LogP contribution in [-0.2, 0) is 0 Å². The Labute approximate surface area is 103 Å². The first-order valence-electron chi connectivity index (χ1n) is 6.63. The summed E-state index contributed by atoms with van der Waals surface area (Å²) in [5.74, 6) is 2.06.